The molecule has 1 atom stereocenters. The highest BCUT2D eigenvalue weighted by Crippen LogP contribution is 2.40. The Morgan fingerprint density at radius 3 is 2.33 bits per heavy atom. The molecule has 3 rings (SSSR count). The lowest BCUT2D eigenvalue weighted by atomic mass is 10.2. The van der Waals surface area contributed by atoms with Crippen molar-refractivity contribution in [1.29, 1.82) is 0 Å². The van der Waals surface area contributed by atoms with Gasteiger partial charge in [0, 0.05) is 25.2 Å². The Balaban J connectivity index is 1.69. The number of amides is 5. The SMILES string of the molecule is COc1cc(NC(=O)N2CCC(N3C(=O)CNC3=O)C2)cc(OC)c1OC. The third-order valence-electron chi connectivity index (χ3n) is 4.61. The number of imide groups is 1. The molecule has 1 aromatic rings. The summed E-state index contributed by atoms with van der Waals surface area (Å²) in [5.41, 5.74) is 0.480. The molecular formula is C17H22N4O6. The van der Waals surface area contributed by atoms with Crippen LogP contribution < -0.4 is 24.8 Å². The molecule has 27 heavy (non-hydrogen) atoms. The van der Waals surface area contributed by atoms with Crippen LogP contribution in [-0.4, -0.2) is 74.8 Å². The van der Waals surface area contributed by atoms with E-state index in [4.69, 9.17) is 14.2 Å². The van der Waals surface area contributed by atoms with Crippen LogP contribution in [0.5, 0.6) is 17.2 Å². The lowest BCUT2D eigenvalue weighted by Gasteiger charge is -2.22. The van der Waals surface area contributed by atoms with Crippen molar-refractivity contribution in [2.75, 3.05) is 46.3 Å². The number of urea groups is 2. The number of hydrogen-bond donors (Lipinski definition) is 2. The summed E-state index contributed by atoms with van der Waals surface area (Å²) in [5.74, 6) is 1.01. The van der Waals surface area contributed by atoms with E-state index in [0.717, 1.165) is 0 Å². The number of nitrogens with one attached hydrogen (secondary N) is 2. The number of methoxy groups -OCH3 is 3. The van der Waals surface area contributed by atoms with Gasteiger partial charge in [0.2, 0.25) is 11.7 Å². The van der Waals surface area contributed by atoms with Crippen molar-refractivity contribution in [2.45, 2.75) is 12.5 Å². The monoisotopic (exact) mass is 378 g/mol. The molecule has 2 saturated heterocycles. The van der Waals surface area contributed by atoms with Gasteiger partial charge in [-0.2, -0.15) is 0 Å². The molecule has 146 valence electrons. The van der Waals surface area contributed by atoms with Crippen LogP contribution in [0.15, 0.2) is 12.1 Å². The van der Waals surface area contributed by atoms with Gasteiger partial charge in [-0.15, -0.1) is 0 Å². The van der Waals surface area contributed by atoms with Gasteiger partial charge in [-0.05, 0) is 6.42 Å². The fourth-order valence-corrected chi connectivity index (χ4v) is 3.30. The summed E-state index contributed by atoms with van der Waals surface area (Å²) in [7, 11) is 4.48. The van der Waals surface area contributed by atoms with Crippen LogP contribution in [0.1, 0.15) is 6.42 Å². The van der Waals surface area contributed by atoms with E-state index in [1.165, 1.54) is 26.2 Å². The van der Waals surface area contributed by atoms with Gasteiger partial charge in [-0.1, -0.05) is 0 Å². The molecule has 0 bridgehead atoms. The Morgan fingerprint density at radius 1 is 1.15 bits per heavy atom. The maximum Gasteiger partial charge on any atom is 0.324 e. The van der Waals surface area contributed by atoms with Crippen LogP contribution in [0, 0.1) is 0 Å². The number of benzene rings is 1. The highest BCUT2D eigenvalue weighted by molar-refractivity contribution is 6.02. The molecule has 2 fully saturated rings. The van der Waals surface area contributed by atoms with E-state index in [0.29, 0.717) is 35.9 Å². The van der Waals surface area contributed by atoms with Crippen molar-refractivity contribution in [1.82, 2.24) is 15.1 Å². The van der Waals surface area contributed by atoms with E-state index in [1.807, 2.05) is 0 Å². The molecule has 0 spiro atoms. The van der Waals surface area contributed by atoms with Gasteiger partial charge in [0.1, 0.15) is 0 Å². The van der Waals surface area contributed by atoms with E-state index in [1.54, 1.807) is 17.0 Å². The normalized spacial score (nSPS) is 19.1. The Bertz CT molecular complexity index is 727. The fourth-order valence-electron chi connectivity index (χ4n) is 3.30. The molecule has 2 aliphatic heterocycles. The topological polar surface area (TPSA) is 109 Å². The molecule has 5 amide bonds. The van der Waals surface area contributed by atoms with Crippen LogP contribution in [0.2, 0.25) is 0 Å². The van der Waals surface area contributed by atoms with Crippen LogP contribution in [0.3, 0.4) is 0 Å². The molecule has 0 aliphatic carbocycles. The van der Waals surface area contributed by atoms with Crippen LogP contribution >= 0.6 is 0 Å². The first-order valence-electron chi connectivity index (χ1n) is 8.44. The lowest BCUT2D eigenvalue weighted by Crippen LogP contribution is -2.43. The second kappa shape index (κ2) is 7.60. The largest absolute Gasteiger partial charge is 0.493 e. The van der Waals surface area contributed by atoms with Crippen molar-refractivity contribution < 1.29 is 28.6 Å². The van der Waals surface area contributed by atoms with Crippen molar-refractivity contribution in [3.63, 3.8) is 0 Å². The first kappa shape index (κ1) is 18.6. The number of rotatable bonds is 5. The third-order valence-corrected chi connectivity index (χ3v) is 4.61. The minimum Gasteiger partial charge on any atom is -0.493 e. The van der Waals surface area contributed by atoms with E-state index >= 15 is 0 Å². The Kier molecular flexibility index (Phi) is 5.24. The molecule has 1 aromatic carbocycles. The van der Waals surface area contributed by atoms with Crippen molar-refractivity contribution in [2.24, 2.45) is 0 Å². The van der Waals surface area contributed by atoms with Crippen molar-refractivity contribution >= 4 is 23.7 Å². The van der Waals surface area contributed by atoms with Crippen molar-refractivity contribution in [3.8, 4) is 17.2 Å². The number of hydrogen-bond acceptors (Lipinski definition) is 6. The zero-order chi connectivity index (χ0) is 19.6. The lowest BCUT2D eigenvalue weighted by molar-refractivity contribution is -0.126. The minimum atomic E-state index is -0.406. The minimum absolute atomic E-state index is 0.00691. The Morgan fingerprint density at radius 2 is 1.81 bits per heavy atom. The number of nitrogens with zero attached hydrogens (tertiary/aromatic N) is 2. The summed E-state index contributed by atoms with van der Waals surface area (Å²) in [6, 6.07) is 2.20. The van der Waals surface area contributed by atoms with Gasteiger partial charge in [0.25, 0.3) is 0 Å². The van der Waals surface area contributed by atoms with Crippen molar-refractivity contribution in [3.05, 3.63) is 12.1 Å². The first-order chi connectivity index (χ1) is 13.0. The summed E-state index contributed by atoms with van der Waals surface area (Å²) < 4.78 is 15.8. The highest BCUT2D eigenvalue weighted by Gasteiger charge is 2.39. The summed E-state index contributed by atoms with van der Waals surface area (Å²) in [6.45, 7) is 0.736. The number of carbonyl (C=O) groups excluding carboxylic acids is 3. The average molecular weight is 378 g/mol. The number of carbonyl (C=O) groups is 3. The van der Waals surface area contributed by atoms with E-state index in [2.05, 4.69) is 10.6 Å². The summed E-state index contributed by atoms with van der Waals surface area (Å²) in [5, 5.41) is 5.28. The smallest absolute Gasteiger partial charge is 0.324 e. The quantitative estimate of drug-likeness (QED) is 0.736. The molecular weight excluding hydrogens is 356 g/mol. The van der Waals surface area contributed by atoms with Gasteiger partial charge in [0.05, 0.1) is 39.6 Å². The molecule has 10 nitrogen and oxygen atoms in total. The second-order valence-electron chi connectivity index (χ2n) is 6.16. The number of likely N-dealkylation sites (tertiary alicyclic amines) is 1. The zero-order valence-corrected chi connectivity index (χ0v) is 15.4. The molecule has 2 heterocycles. The van der Waals surface area contributed by atoms with Crippen LogP contribution in [-0.2, 0) is 4.79 Å². The fraction of sp³-hybridized carbons (Fsp3) is 0.471. The van der Waals surface area contributed by atoms with Gasteiger partial charge in [0.15, 0.2) is 11.5 Å². The molecule has 2 N–H and O–H groups in total. The zero-order valence-electron chi connectivity index (χ0n) is 15.4. The van der Waals surface area contributed by atoms with Crippen LogP contribution in [0.25, 0.3) is 0 Å². The highest BCUT2D eigenvalue weighted by atomic mass is 16.5. The first-order valence-corrected chi connectivity index (χ1v) is 8.44. The molecule has 10 heteroatoms. The Labute approximate surface area is 156 Å². The molecule has 0 saturated carbocycles. The summed E-state index contributed by atoms with van der Waals surface area (Å²) in [6.07, 6.45) is 0.543. The van der Waals surface area contributed by atoms with Gasteiger partial charge >= 0.3 is 12.1 Å². The second-order valence-corrected chi connectivity index (χ2v) is 6.16. The maximum atomic E-state index is 12.6. The predicted molar refractivity (Wildman–Crippen MR) is 95.3 cm³/mol. The molecule has 0 radical (unpaired) electrons. The summed E-state index contributed by atoms with van der Waals surface area (Å²) >= 11 is 0. The van der Waals surface area contributed by atoms with Gasteiger partial charge in [-0.3, -0.25) is 9.69 Å². The average Bonchev–Trinajstić information content (AvgIpc) is 3.27. The predicted octanol–water partition coefficient (Wildman–Crippen LogP) is 0.870. The van der Waals surface area contributed by atoms with E-state index in [-0.39, 0.29) is 31.1 Å². The number of anilines is 1. The number of ether oxygens (including phenoxy) is 3. The molecule has 0 aromatic heterocycles. The third kappa shape index (κ3) is 3.55. The maximum absolute atomic E-state index is 12.6. The van der Waals surface area contributed by atoms with E-state index in [9.17, 15) is 14.4 Å². The standard InChI is InChI=1S/C17H22N4O6/c1-25-12-6-10(7-13(26-2)15(12)27-3)19-17(24)20-5-4-11(9-20)21-14(22)8-18-16(21)23/h6-7,11H,4-5,8-9H2,1-3H3,(H,18,23)(H,19,24). The summed E-state index contributed by atoms with van der Waals surface area (Å²) in [4.78, 5) is 39.0. The Hall–Kier alpha value is -3.17. The van der Waals surface area contributed by atoms with Gasteiger partial charge < -0.3 is 29.7 Å². The van der Waals surface area contributed by atoms with Crippen LogP contribution in [0.4, 0.5) is 15.3 Å². The van der Waals surface area contributed by atoms with Gasteiger partial charge in [-0.25, -0.2) is 9.59 Å². The van der Waals surface area contributed by atoms with E-state index < -0.39 is 6.03 Å². The molecule has 1 unspecified atom stereocenters. The molecule has 2 aliphatic rings.